The molecule has 1 saturated carbocycles. The van der Waals surface area contributed by atoms with Crippen LogP contribution in [0.25, 0.3) is 0 Å². The molecule has 5 heteroatoms. The van der Waals surface area contributed by atoms with Gasteiger partial charge < -0.3 is 10.0 Å². The Morgan fingerprint density at radius 2 is 2.20 bits per heavy atom. The minimum atomic E-state index is -0.478. The molecule has 0 radical (unpaired) electrons. The lowest BCUT2D eigenvalue weighted by Crippen LogP contribution is -2.38. The molecule has 0 aromatic heterocycles. The van der Waals surface area contributed by atoms with Gasteiger partial charge in [-0.3, -0.25) is 4.79 Å². The number of hydrogen-bond donors (Lipinski definition) is 1. The van der Waals surface area contributed by atoms with Crippen LogP contribution in [0.2, 0.25) is 0 Å². The molecule has 20 heavy (non-hydrogen) atoms. The summed E-state index contributed by atoms with van der Waals surface area (Å²) >= 11 is 0. The zero-order valence-corrected chi connectivity index (χ0v) is 11.1. The number of aliphatic hydroxyl groups excluding tert-OH is 1. The first-order chi connectivity index (χ1) is 9.61. The summed E-state index contributed by atoms with van der Waals surface area (Å²) in [6.07, 6.45) is 2.27. The molecule has 0 bridgehead atoms. The minimum absolute atomic E-state index is 0.0303. The first-order valence-electron chi connectivity index (χ1n) is 6.98. The van der Waals surface area contributed by atoms with Crippen LogP contribution in [-0.2, 0) is 4.79 Å². The van der Waals surface area contributed by atoms with Crippen LogP contribution in [0.1, 0.15) is 30.7 Å². The lowest BCUT2D eigenvalue weighted by Gasteiger charge is -2.23. The molecule has 1 aliphatic carbocycles. The van der Waals surface area contributed by atoms with Crippen LogP contribution in [-0.4, -0.2) is 35.1 Å². The van der Waals surface area contributed by atoms with Crippen molar-refractivity contribution in [1.82, 2.24) is 4.90 Å². The number of likely N-dealkylation sites (tertiary alicyclic amines) is 1. The summed E-state index contributed by atoms with van der Waals surface area (Å²) in [4.78, 5) is 14.1. The molecule has 3 atom stereocenters. The highest BCUT2D eigenvalue weighted by atomic mass is 19.1. The van der Waals surface area contributed by atoms with Gasteiger partial charge in [0.25, 0.3) is 0 Å². The van der Waals surface area contributed by atoms with Gasteiger partial charge in [-0.15, -0.1) is 0 Å². The first kappa shape index (κ1) is 13.5. The predicted molar refractivity (Wildman–Crippen MR) is 69.0 cm³/mol. The maximum Gasteiger partial charge on any atom is 0.226 e. The van der Waals surface area contributed by atoms with E-state index in [2.05, 4.69) is 0 Å². The first-order valence-corrected chi connectivity index (χ1v) is 6.98. The third kappa shape index (κ3) is 2.30. The largest absolute Gasteiger partial charge is 0.394 e. The van der Waals surface area contributed by atoms with Gasteiger partial charge in [-0.25, -0.2) is 8.78 Å². The zero-order chi connectivity index (χ0) is 14.3. The number of carbonyl (C=O) groups excluding carboxylic acids is 1. The molecule has 3 rings (SSSR count). The molecule has 1 aromatic carbocycles. The second-order valence-corrected chi connectivity index (χ2v) is 5.62. The Morgan fingerprint density at radius 1 is 1.40 bits per heavy atom. The van der Waals surface area contributed by atoms with Gasteiger partial charge in [0, 0.05) is 12.5 Å². The van der Waals surface area contributed by atoms with Crippen molar-refractivity contribution >= 4 is 5.91 Å². The second-order valence-electron chi connectivity index (χ2n) is 5.62. The van der Waals surface area contributed by atoms with Crippen LogP contribution in [0, 0.1) is 17.6 Å². The Hall–Kier alpha value is -1.49. The lowest BCUT2D eigenvalue weighted by molar-refractivity contribution is -0.134. The van der Waals surface area contributed by atoms with E-state index in [1.54, 1.807) is 4.90 Å². The highest BCUT2D eigenvalue weighted by Gasteiger charge is 2.48. The Labute approximate surface area is 116 Å². The summed E-state index contributed by atoms with van der Waals surface area (Å²) in [6, 6.07) is 3.26. The summed E-state index contributed by atoms with van der Waals surface area (Å²) in [6.45, 7) is 0.621. The number of rotatable bonds is 3. The number of benzene rings is 1. The average molecular weight is 281 g/mol. The molecule has 1 aromatic rings. The van der Waals surface area contributed by atoms with Gasteiger partial charge in [0.1, 0.15) is 11.6 Å². The van der Waals surface area contributed by atoms with Crippen molar-refractivity contribution < 1.29 is 18.7 Å². The summed E-state index contributed by atoms with van der Waals surface area (Å²) in [7, 11) is 0. The molecule has 3 nitrogen and oxygen atoms in total. The topological polar surface area (TPSA) is 40.5 Å². The third-order valence-corrected chi connectivity index (χ3v) is 4.34. The molecular formula is C15H17F2NO2. The van der Waals surface area contributed by atoms with Crippen molar-refractivity contribution in [3.05, 3.63) is 35.4 Å². The molecule has 1 saturated heterocycles. The fourth-order valence-corrected chi connectivity index (χ4v) is 3.14. The fraction of sp³-hybridized carbons (Fsp3) is 0.533. The minimum Gasteiger partial charge on any atom is -0.394 e. The van der Waals surface area contributed by atoms with E-state index in [1.165, 1.54) is 6.07 Å². The van der Waals surface area contributed by atoms with E-state index in [-0.39, 0.29) is 30.4 Å². The molecular weight excluding hydrogens is 264 g/mol. The number of aliphatic hydroxyl groups is 1. The van der Waals surface area contributed by atoms with Crippen molar-refractivity contribution in [2.45, 2.75) is 31.2 Å². The Bertz CT molecular complexity index is 535. The molecule has 2 unspecified atom stereocenters. The van der Waals surface area contributed by atoms with Crippen molar-refractivity contribution in [3.63, 3.8) is 0 Å². The van der Waals surface area contributed by atoms with Gasteiger partial charge in [0.2, 0.25) is 5.91 Å². The standard InChI is InChI=1S/C15H17F2NO2/c16-9-3-4-14(17)12(6-9)11-7-13(11)15(20)18-5-1-2-10(18)8-19/h3-4,6,10-11,13,19H,1-2,5,7-8H2/t10-,11?,13?/m1/s1. The van der Waals surface area contributed by atoms with E-state index in [0.29, 0.717) is 18.5 Å². The van der Waals surface area contributed by atoms with Gasteiger partial charge in [-0.2, -0.15) is 0 Å². The van der Waals surface area contributed by atoms with E-state index in [9.17, 15) is 18.7 Å². The number of halogens is 2. The fourth-order valence-electron chi connectivity index (χ4n) is 3.14. The van der Waals surface area contributed by atoms with E-state index in [4.69, 9.17) is 0 Å². The predicted octanol–water partition coefficient (Wildman–Crippen LogP) is 2.05. The van der Waals surface area contributed by atoms with Gasteiger partial charge in [-0.05, 0) is 48.9 Å². The quantitative estimate of drug-likeness (QED) is 0.921. The molecule has 1 N–H and O–H groups in total. The molecule has 1 amide bonds. The summed E-state index contributed by atoms with van der Waals surface area (Å²) in [5, 5.41) is 9.25. The maximum atomic E-state index is 13.7. The molecule has 2 fully saturated rings. The number of carbonyl (C=O) groups is 1. The van der Waals surface area contributed by atoms with E-state index >= 15 is 0 Å². The summed E-state index contributed by atoms with van der Waals surface area (Å²) < 4.78 is 26.9. The van der Waals surface area contributed by atoms with Crippen LogP contribution in [0.5, 0.6) is 0 Å². The Kier molecular flexibility index (Phi) is 3.46. The maximum absolute atomic E-state index is 13.7. The SMILES string of the molecule is O=C(C1CC1c1cc(F)ccc1F)N1CCC[C@@H]1CO. The number of hydrogen-bond acceptors (Lipinski definition) is 2. The van der Waals surface area contributed by atoms with E-state index < -0.39 is 11.6 Å². The Balaban J connectivity index is 1.72. The highest BCUT2D eigenvalue weighted by molar-refractivity contribution is 5.83. The molecule has 1 heterocycles. The van der Waals surface area contributed by atoms with Gasteiger partial charge >= 0.3 is 0 Å². The van der Waals surface area contributed by atoms with Gasteiger partial charge in [0.05, 0.1) is 12.6 Å². The van der Waals surface area contributed by atoms with E-state index in [1.807, 2.05) is 0 Å². The average Bonchev–Trinajstić information content (AvgIpc) is 3.09. The molecule has 0 spiro atoms. The third-order valence-electron chi connectivity index (χ3n) is 4.34. The highest BCUT2D eigenvalue weighted by Crippen LogP contribution is 2.50. The van der Waals surface area contributed by atoms with Gasteiger partial charge in [0.15, 0.2) is 0 Å². The molecule has 2 aliphatic rings. The smallest absolute Gasteiger partial charge is 0.226 e. The number of nitrogens with zero attached hydrogens (tertiary/aromatic N) is 1. The number of amides is 1. The van der Waals surface area contributed by atoms with Crippen LogP contribution >= 0.6 is 0 Å². The van der Waals surface area contributed by atoms with Crippen molar-refractivity contribution in [2.24, 2.45) is 5.92 Å². The second kappa shape index (κ2) is 5.13. The van der Waals surface area contributed by atoms with Crippen LogP contribution in [0.15, 0.2) is 18.2 Å². The lowest BCUT2D eigenvalue weighted by atomic mass is 10.1. The van der Waals surface area contributed by atoms with Crippen LogP contribution < -0.4 is 0 Å². The van der Waals surface area contributed by atoms with Crippen LogP contribution in [0.4, 0.5) is 8.78 Å². The Morgan fingerprint density at radius 3 is 2.95 bits per heavy atom. The monoisotopic (exact) mass is 281 g/mol. The van der Waals surface area contributed by atoms with E-state index in [0.717, 1.165) is 25.0 Å². The normalized spacial score (nSPS) is 28.8. The summed E-state index contributed by atoms with van der Waals surface area (Å²) in [5.41, 5.74) is 0.295. The van der Waals surface area contributed by atoms with Crippen molar-refractivity contribution in [2.75, 3.05) is 13.2 Å². The zero-order valence-electron chi connectivity index (χ0n) is 11.1. The van der Waals surface area contributed by atoms with Crippen molar-refractivity contribution in [3.8, 4) is 0 Å². The molecule has 108 valence electrons. The van der Waals surface area contributed by atoms with Crippen molar-refractivity contribution in [1.29, 1.82) is 0 Å². The van der Waals surface area contributed by atoms with Gasteiger partial charge in [-0.1, -0.05) is 0 Å². The molecule has 1 aliphatic heterocycles. The summed E-state index contributed by atoms with van der Waals surface area (Å²) in [5.74, 6) is -1.45. The van der Waals surface area contributed by atoms with Crippen LogP contribution in [0.3, 0.4) is 0 Å².